The number of piperidine rings is 1. The van der Waals surface area contributed by atoms with E-state index in [0.717, 1.165) is 30.7 Å². The van der Waals surface area contributed by atoms with E-state index >= 15 is 13.2 Å². The van der Waals surface area contributed by atoms with Crippen LogP contribution in [0.3, 0.4) is 0 Å². The Morgan fingerprint density at radius 1 is 1.00 bits per heavy atom. The minimum atomic E-state index is -1.40. The molecule has 2 atom stereocenters. The van der Waals surface area contributed by atoms with E-state index in [1.807, 2.05) is 4.90 Å². The predicted octanol–water partition coefficient (Wildman–Crippen LogP) is 5.64. The van der Waals surface area contributed by atoms with Crippen LogP contribution in [-0.4, -0.2) is 44.8 Å². The van der Waals surface area contributed by atoms with E-state index in [9.17, 15) is 9.18 Å². The molecule has 1 aliphatic rings. The molecule has 4 aromatic rings. The zero-order chi connectivity index (χ0) is 27.7. The maximum absolute atomic E-state index is 15.6. The summed E-state index contributed by atoms with van der Waals surface area (Å²) in [5.74, 6) is -5.61. The molecule has 0 radical (unpaired) electrons. The first-order valence-electron chi connectivity index (χ1n) is 12.3. The number of aromatic nitrogens is 4. The number of benzene rings is 2. The zero-order valence-corrected chi connectivity index (χ0v) is 24.6. The fraction of sp³-hybridized carbons (Fsp3) is 0.259. The Morgan fingerprint density at radius 3 is 2.36 bits per heavy atom. The highest BCUT2D eigenvalue weighted by Crippen LogP contribution is 2.34. The van der Waals surface area contributed by atoms with Gasteiger partial charge in [-0.15, -0.1) is 37.2 Å². The molecule has 1 amide bonds. The second-order valence-corrected chi connectivity index (χ2v) is 9.66. The van der Waals surface area contributed by atoms with Crippen molar-refractivity contribution >= 4 is 54.5 Å². The molecule has 0 aliphatic carbocycles. The topological polar surface area (TPSA) is 102 Å². The van der Waals surface area contributed by atoms with Crippen molar-refractivity contribution in [2.24, 2.45) is 11.7 Å². The van der Waals surface area contributed by atoms with Crippen molar-refractivity contribution in [3.8, 4) is 11.1 Å². The molecule has 0 bridgehead atoms. The number of carbonyl (C=O) groups is 1. The quantitative estimate of drug-likeness (QED) is 0.263. The Bertz CT molecular complexity index is 1490. The summed E-state index contributed by atoms with van der Waals surface area (Å²) in [6, 6.07) is 5.28. The van der Waals surface area contributed by atoms with E-state index in [0.29, 0.717) is 30.4 Å². The monoisotopic (exact) mass is 647 g/mol. The van der Waals surface area contributed by atoms with Crippen molar-refractivity contribution in [2.45, 2.75) is 25.9 Å². The molecule has 42 heavy (non-hydrogen) atoms. The highest BCUT2D eigenvalue weighted by molar-refractivity contribution is 6.06. The van der Waals surface area contributed by atoms with E-state index in [4.69, 9.17) is 5.73 Å². The van der Waals surface area contributed by atoms with Gasteiger partial charge in [0.2, 0.25) is 0 Å². The SMILES string of the molecule is C[C@@H]1C[C@H](N)CN(c2ccncc2NC(=O)c2ccc(F)c(-c3c(F)cc(Cn4cncn4)cc3F)c2F)C1.Cl.Cl.Cl. The average molecular weight is 649 g/mol. The van der Waals surface area contributed by atoms with Gasteiger partial charge in [0.15, 0.2) is 0 Å². The van der Waals surface area contributed by atoms with Gasteiger partial charge in [-0.05, 0) is 48.2 Å². The van der Waals surface area contributed by atoms with Crippen molar-refractivity contribution in [3.63, 3.8) is 0 Å². The normalized spacial score (nSPS) is 16.1. The average Bonchev–Trinajstić information content (AvgIpc) is 3.38. The van der Waals surface area contributed by atoms with Gasteiger partial charge < -0.3 is 16.0 Å². The first-order valence-corrected chi connectivity index (χ1v) is 12.3. The van der Waals surface area contributed by atoms with Gasteiger partial charge in [-0.1, -0.05) is 6.92 Å². The molecule has 226 valence electrons. The van der Waals surface area contributed by atoms with E-state index in [2.05, 4.69) is 27.3 Å². The fourth-order valence-electron chi connectivity index (χ4n) is 4.96. The number of pyridine rings is 1. The summed E-state index contributed by atoms with van der Waals surface area (Å²) in [5, 5.41) is 6.48. The van der Waals surface area contributed by atoms with E-state index in [1.54, 1.807) is 12.3 Å². The smallest absolute Gasteiger partial charge is 0.258 e. The van der Waals surface area contributed by atoms with Crippen LogP contribution in [0.5, 0.6) is 0 Å². The standard InChI is InChI=1S/C27H25F4N7O.3ClH/c1-15-6-17(32)12-37(10-15)23-4-5-33-9-22(23)36-27(39)18-2-3-19(28)25(26(18)31)24-20(29)7-16(8-21(24)30)11-38-14-34-13-35-38;;;/h2-5,7-9,13-15,17H,6,10-12,32H2,1H3,(H,36,39);3*1H/t15-,17+;;;/m1.../s1. The van der Waals surface area contributed by atoms with E-state index in [-0.39, 0.29) is 55.4 Å². The molecule has 2 aromatic carbocycles. The van der Waals surface area contributed by atoms with Crippen LogP contribution in [0.25, 0.3) is 11.1 Å². The van der Waals surface area contributed by atoms with Crippen molar-refractivity contribution in [2.75, 3.05) is 23.3 Å². The second-order valence-electron chi connectivity index (χ2n) is 9.66. The Morgan fingerprint density at radius 2 is 1.71 bits per heavy atom. The van der Waals surface area contributed by atoms with Crippen LogP contribution in [0.2, 0.25) is 0 Å². The number of amides is 1. The van der Waals surface area contributed by atoms with E-state index in [1.165, 1.54) is 23.5 Å². The Hall–Kier alpha value is -3.45. The maximum Gasteiger partial charge on any atom is 0.258 e. The number of carbonyl (C=O) groups excluding carboxylic acids is 1. The Kier molecular flexibility index (Phi) is 12.1. The summed E-state index contributed by atoms with van der Waals surface area (Å²) in [4.78, 5) is 23.0. The maximum atomic E-state index is 15.6. The minimum Gasteiger partial charge on any atom is -0.368 e. The number of halogens is 7. The minimum absolute atomic E-state index is 0. The number of nitrogens with zero attached hydrogens (tertiary/aromatic N) is 5. The van der Waals surface area contributed by atoms with Gasteiger partial charge >= 0.3 is 0 Å². The number of hydrogen-bond acceptors (Lipinski definition) is 6. The molecular formula is C27H28Cl3F4N7O. The van der Waals surface area contributed by atoms with Gasteiger partial charge in [0.05, 0.1) is 40.8 Å². The molecule has 0 saturated carbocycles. The van der Waals surface area contributed by atoms with Crippen molar-refractivity contribution < 1.29 is 22.4 Å². The van der Waals surface area contributed by atoms with Crippen molar-refractivity contribution in [1.82, 2.24) is 19.7 Å². The first-order chi connectivity index (χ1) is 18.7. The van der Waals surface area contributed by atoms with Crippen molar-refractivity contribution in [1.29, 1.82) is 0 Å². The summed E-state index contributed by atoms with van der Waals surface area (Å²) >= 11 is 0. The summed E-state index contributed by atoms with van der Waals surface area (Å²) in [7, 11) is 0. The Balaban J connectivity index is 0.00000205. The lowest BCUT2D eigenvalue weighted by molar-refractivity contribution is 0.102. The van der Waals surface area contributed by atoms with Gasteiger partial charge in [-0.3, -0.25) is 9.78 Å². The third-order valence-corrected chi connectivity index (χ3v) is 6.58. The molecule has 2 aromatic heterocycles. The summed E-state index contributed by atoms with van der Waals surface area (Å²) in [6.07, 6.45) is 6.46. The lowest BCUT2D eigenvalue weighted by Crippen LogP contribution is -2.46. The summed E-state index contributed by atoms with van der Waals surface area (Å²) < 4.78 is 61.8. The van der Waals surface area contributed by atoms with Crippen LogP contribution in [0.1, 0.15) is 29.3 Å². The molecule has 1 saturated heterocycles. The van der Waals surface area contributed by atoms with Gasteiger partial charge in [-0.2, -0.15) is 5.10 Å². The number of nitrogens with one attached hydrogen (secondary N) is 1. The number of rotatable bonds is 6. The largest absolute Gasteiger partial charge is 0.368 e. The van der Waals surface area contributed by atoms with Crippen LogP contribution in [0, 0.1) is 29.2 Å². The fourth-order valence-corrected chi connectivity index (χ4v) is 4.96. The molecule has 0 spiro atoms. The second kappa shape index (κ2) is 14.6. The van der Waals surface area contributed by atoms with E-state index < -0.39 is 45.9 Å². The number of anilines is 2. The first kappa shape index (κ1) is 34.7. The number of hydrogen-bond donors (Lipinski definition) is 2. The predicted molar refractivity (Wildman–Crippen MR) is 159 cm³/mol. The van der Waals surface area contributed by atoms with Crippen LogP contribution in [0.15, 0.2) is 55.4 Å². The van der Waals surface area contributed by atoms with Gasteiger partial charge in [-0.25, -0.2) is 27.2 Å². The Labute approximate surface area is 257 Å². The van der Waals surface area contributed by atoms with Crippen LogP contribution >= 0.6 is 37.2 Å². The van der Waals surface area contributed by atoms with Gasteiger partial charge in [0.1, 0.15) is 35.9 Å². The summed E-state index contributed by atoms with van der Waals surface area (Å²) in [5.41, 5.74) is 4.80. The lowest BCUT2D eigenvalue weighted by Gasteiger charge is -2.37. The molecule has 8 nitrogen and oxygen atoms in total. The molecule has 1 aliphatic heterocycles. The molecule has 3 N–H and O–H groups in total. The van der Waals surface area contributed by atoms with Crippen LogP contribution in [-0.2, 0) is 6.54 Å². The molecule has 0 unspecified atom stereocenters. The zero-order valence-electron chi connectivity index (χ0n) is 22.1. The number of nitrogens with two attached hydrogens (primary N) is 1. The van der Waals surface area contributed by atoms with Crippen LogP contribution in [0.4, 0.5) is 28.9 Å². The highest BCUT2D eigenvalue weighted by atomic mass is 35.5. The van der Waals surface area contributed by atoms with Gasteiger partial charge in [0.25, 0.3) is 5.91 Å². The summed E-state index contributed by atoms with van der Waals surface area (Å²) in [6.45, 7) is 3.31. The lowest BCUT2D eigenvalue weighted by atomic mass is 9.96. The molecule has 5 rings (SSSR count). The molecule has 3 heterocycles. The van der Waals surface area contributed by atoms with Gasteiger partial charge in [0, 0.05) is 25.3 Å². The third kappa shape index (κ3) is 7.30. The highest BCUT2D eigenvalue weighted by Gasteiger charge is 2.27. The third-order valence-electron chi connectivity index (χ3n) is 6.58. The molecular weight excluding hydrogens is 621 g/mol. The van der Waals surface area contributed by atoms with Crippen molar-refractivity contribution in [3.05, 3.63) is 89.8 Å². The molecule has 1 fully saturated rings. The molecule has 15 heteroatoms. The van der Waals surface area contributed by atoms with Crippen LogP contribution < -0.4 is 16.0 Å².